The van der Waals surface area contributed by atoms with Gasteiger partial charge in [-0.1, -0.05) is 68.5 Å². The number of hydrogen-bond acceptors (Lipinski definition) is 1. The van der Waals surface area contributed by atoms with Gasteiger partial charge in [0.25, 0.3) is 0 Å². The molecule has 0 aliphatic heterocycles. The van der Waals surface area contributed by atoms with E-state index in [1.807, 2.05) is 0 Å². The molecular weight excluding hydrogens is 218 g/mol. The topological polar surface area (TPSA) is 12.0 Å². The molecule has 2 aromatic rings. The first kappa shape index (κ1) is 12.8. The molecule has 0 bridgehead atoms. The van der Waals surface area contributed by atoms with Crippen LogP contribution in [0, 0.1) is 0 Å². The molecule has 18 heavy (non-hydrogen) atoms. The number of hydrogen-bond donors (Lipinski definition) is 1. The molecule has 0 heterocycles. The first-order valence-corrected chi connectivity index (χ1v) is 6.65. The smallest absolute Gasteiger partial charge is 0.00105 e. The van der Waals surface area contributed by atoms with Crippen molar-refractivity contribution >= 4 is 16.8 Å². The SMILES string of the molecule is CC(C)NCCC=Cc1cccc2ccccc12. The minimum absolute atomic E-state index is 0.566. The Labute approximate surface area is 110 Å². The second-order valence-corrected chi connectivity index (χ2v) is 4.87. The van der Waals surface area contributed by atoms with E-state index in [4.69, 9.17) is 0 Å². The molecule has 2 aromatic carbocycles. The lowest BCUT2D eigenvalue weighted by Gasteiger charge is -2.05. The summed E-state index contributed by atoms with van der Waals surface area (Å²) in [5, 5.41) is 6.05. The summed E-state index contributed by atoms with van der Waals surface area (Å²) >= 11 is 0. The van der Waals surface area contributed by atoms with Crippen LogP contribution >= 0.6 is 0 Å². The highest BCUT2D eigenvalue weighted by Crippen LogP contribution is 2.19. The van der Waals surface area contributed by atoms with Gasteiger partial charge >= 0.3 is 0 Å². The van der Waals surface area contributed by atoms with E-state index in [1.165, 1.54) is 16.3 Å². The summed E-state index contributed by atoms with van der Waals surface area (Å²) < 4.78 is 0. The molecule has 0 radical (unpaired) electrons. The van der Waals surface area contributed by atoms with Crippen LogP contribution in [0.5, 0.6) is 0 Å². The normalized spacial score (nSPS) is 11.7. The molecule has 0 aliphatic rings. The fourth-order valence-electron chi connectivity index (χ4n) is 2.06. The van der Waals surface area contributed by atoms with Gasteiger partial charge in [-0.05, 0) is 29.3 Å². The van der Waals surface area contributed by atoms with Crippen molar-refractivity contribution in [3.8, 4) is 0 Å². The number of benzene rings is 2. The molecule has 1 N–H and O–H groups in total. The van der Waals surface area contributed by atoms with Crippen molar-refractivity contribution in [3.63, 3.8) is 0 Å². The van der Waals surface area contributed by atoms with Crippen LogP contribution in [0.15, 0.2) is 48.5 Å². The first-order valence-electron chi connectivity index (χ1n) is 6.65. The summed E-state index contributed by atoms with van der Waals surface area (Å²) in [5.41, 5.74) is 1.30. The fourth-order valence-corrected chi connectivity index (χ4v) is 2.06. The summed E-state index contributed by atoms with van der Waals surface area (Å²) in [5.74, 6) is 0. The monoisotopic (exact) mass is 239 g/mol. The highest BCUT2D eigenvalue weighted by atomic mass is 14.9. The lowest BCUT2D eigenvalue weighted by atomic mass is 10.0. The Morgan fingerprint density at radius 2 is 1.83 bits per heavy atom. The summed E-state index contributed by atoms with van der Waals surface area (Å²) in [6.07, 6.45) is 5.54. The molecule has 0 saturated heterocycles. The summed E-state index contributed by atoms with van der Waals surface area (Å²) in [6, 6.07) is 15.5. The highest BCUT2D eigenvalue weighted by molar-refractivity contribution is 5.90. The Morgan fingerprint density at radius 1 is 1.06 bits per heavy atom. The van der Waals surface area contributed by atoms with Crippen molar-refractivity contribution < 1.29 is 0 Å². The van der Waals surface area contributed by atoms with E-state index in [9.17, 15) is 0 Å². The van der Waals surface area contributed by atoms with Crippen LogP contribution in [0.3, 0.4) is 0 Å². The van der Waals surface area contributed by atoms with Crippen molar-refractivity contribution in [1.82, 2.24) is 5.32 Å². The number of fused-ring (bicyclic) bond motifs is 1. The van der Waals surface area contributed by atoms with Crippen molar-refractivity contribution in [2.24, 2.45) is 0 Å². The van der Waals surface area contributed by atoms with Crippen molar-refractivity contribution in [2.45, 2.75) is 26.3 Å². The average Bonchev–Trinajstić information content (AvgIpc) is 2.38. The second kappa shape index (κ2) is 6.36. The predicted octanol–water partition coefficient (Wildman–Crippen LogP) is 4.24. The molecule has 0 atom stereocenters. The lowest BCUT2D eigenvalue weighted by Crippen LogP contribution is -2.23. The van der Waals surface area contributed by atoms with E-state index >= 15 is 0 Å². The zero-order chi connectivity index (χ0) is 12.8. The number of rotatable bonds is 5. The average molecular weight is 239 g/mol. The summed E-state index contributed by atoms with van der Waals surface area (Å²) in [4.78, 5) is 0. The molecule has 0 spiro atoms. The molecule has 0 aromatic heterocycles. The van der Waals surface area contributed by atoms with Crippen LogP contribution in [-0.4, -0.2) is 12.6 Å². The Morgan fingerprint density at radius 3 is 2.67 bits per heavy atom. The van der Waals surface area contributed by atoms with Crippen LogP contribution < -0.4 is 5.32 Å². The van der Waals surface area contributed by atoms with Gasteiger partial charge in [0.2, 0.25) is 0 Å². The van der Waals surface area contributed by atoms with E-state index in [2.05, 4.69) is 73.8 Å². The third-order valence-electron chi connectivity index (χ3n) is 2.98. The largest absolute Gasteiger partial charge is 0.314 e. The zero-order valence-corrected chi connectivity index (χ0v) is 11.2. The molecule has 0 fully saturated rings. The summed E-state index contributed by atoms with van der Waals surface area (Å²) in [7, 11) is 0. The molecule has 1 nitrogen and oxygen atoms in total. The fraction of sp³-hybridized carbons (Fsp3) is 0.294. The van der Waals surface area contributed by atoms with Gasteiger partial charge in [0.15, 0.2) is 0 Å². The van der Waals surface area contributed by atoms with E-state index in [0.717, 1.165) is 13.0 Å². The maximum Gasteiger partial charge on any atom is 0.00105 e. The maximum atomic E-state index is 3.42. The summed E-state index contributed by atoms with van der Waals surface area (Å²) in [6.45, 7) is 5.39. The molecule has 94 valence electrons. The van der Waals surface area contributed by atoms with E-state index < -0.39 is 0 Å². The minimum Gasteiger partial charge on any atom is -0.314 e. The van der Waals surface area contributed by atoms with E-state index in [1.54, 1.807) is 0 Å². The van der Waals surface area contributed by atoms with Gasteiger partial charge in [-0.25, -0.2) is 0 Å². The molecule has 2 rings (SSSR count). The highest BCUT2D eigenvalue weighted by Gasteiger charge is 1.95. The Balaban J connectivity index is 2.05. The second-order valence-electron chi connectivity index (χ2n) is 4.87. The lowest BCUT2D eigenvalue weighted by molar-refractivity contribution is 0.595. The van der Waals surface area contributed by atoms with Gasteiger partial charge in [0, 0.05) is 6.04 Å². The maximum absolute atomic E-state index is 3.42. The molecular formula is C17H21N. The van der Waals surface area contributed by atoms with Crippen LogP contribution in [-0.2, 0) is 0 Å². The molecule has 0 amide bonds. The van der Waals surface area contributed by atoms with Crippen molar-refractivity contribution in [3.05, 3.63) is 54.1 Å². The van der Waals surface area contributed by atoms with Crippen molar-refractivity contribution in [1.29, 1.82) is 0 Å². The predicted molar refractivity (Wildman–Crippen MR) is 80.7 cm³/mol. The molecule has 0 aliphatic carbocycles. The van der Waals surface area contributed by atoms with E-state index in [-0.39, 0.29) is 0 Å². The van der Waals surface area contributed by atoms with Gasteiger partial charge in [-0.15, -0.1) is 0 Å². The van der Waals surface area contributed by atoms with Crippen LogP contribution in [0.1, 0.15) is 25.8 Å². The third-order valence-corrected chi connectivity index (χ3v) is 2.98. The van der Waals surface area contributed by atoms with Gasteiger partial charge in [-0.2, -0.15) is 0 Å². The van der Waals surface area contributed by atoms with Gasteiger partial charge in [-0.3, -0.25) is 0 Å². The van der Waals surface area contributed by atoms with Gasteiger partial charge in [0.1, 0.15) is 0 Å². The standard InChI is InChI=1S/C17H21N/c1-14(2)18-13-6-5-9-16-11-7-10-15-8-3-4-12-17(15)16/h3-5,7-12,14,18H,6,13H2,1-2H3. The minimum atomic E-state index is 0.566. The van der Waals surface area contributed by atoms with Crippen molar-refractivity contribution in [2.75, 3.05) is 6.54 Å². The Hall–Kier alpha value is -1.60. The quantitative estimate of drug-likeness (QED) is 0.769. The Bertz CT molecular complexity index is 521. The molecule has 0 saturated carbocycles. The third kappa shape index (κ3) is 3.44. The molecule has 1 heteroatoms. The molecule has 0 unspecified atom stereocenters. The van der Waals surface area contributed by atoms with E-state index in [0.29, 0.717) is 6.04 Å². The first-order chi connectivity index (χ1) is 8.77. The number of nitrogens with one attached hydrogen (secondary N) is 1. The van der Waals surface area contributed by atoms with Gasteiger partial charge < -0.3 is 5.32 Å². The Kier molecular flexibility index (Phi) is 4.54. The zero-order valence-electron chi connectivity index (χ0n) is 11.2. The van der Waals surface area contributed by atoms with Crippen LogP contribution in [0.25, 0.3) is 16.8 Å². The van der Waals surface area contributed by atoms with Crippen LogP contribution in [0.2, 0.25) is 0 Å². The van der Waals surface area contributed by atoms with Gasteiger partial charge in [0.05, 0.1) is 0 Å². The van der Waals surface area contributed by atoms with Crippen LogP contribution in [0.4, 0.5) is 0 Å².